The van der Waals surface area contributed by atoms with Crippen molar-refractivity contribution in [3.8, 4) is 11.5 Å². The number of ether oxygens (including phenoxy) is 4. The summed E-state index contributed by atoms with van der Waals surface area (Å²) in [6.07, 6.45) is -3.19. The van der Waals surface area contributed by atoms with Gasteiger partial charge in [0.1, 0.15) is 11.5 Å². The molecule has 2 aliphatic carbocycles. The second-order valence-corrected chi connectivity index (χ2v) is 8.78. The van der Waals surface area contributed by atoms with E-state index in [4.69, 9.17) is 14.2 Å². The lowest BCUT2D eigenvalue weighted by Gasteiger charge is -2.42. The van der Waals surface area contributed by atoms with Gasteiger partial charge in [0.2, 0.25) is 0 Å². The Morgan fingerprint density at radius 1 is 0.677 bits per heavy atom. The van der Waals surface area contributed by atoms with Crippen LogP contribution in [0.3, 0.4) is 0 Å². The average Bonchev–Trinajstić information content (AvgIpc) is 2.68. The van der Waals surface area contributed by atoms with Crippen LogP contribution in [0.1, 0.15) is 44.9 Å². The van der Waals surface area contributed by atoms with Crippen LogP contribution >= 0.6 is 0 Å². The second-order valence-electron chi connectivity index (χ2n) is 8.78. The molecule has 1 aromatic rings. The number of hydrogen-bond acceptors (Lipinski definition) is 4. The maximum Gasteiger partial charge on any atom is 0.573 e. The summed E-state index contributed by atoms with van der Waals surface area (Å²) in [5, 5.41) is 0. The molecule has 3 fully saturated rings. The Balaban J connectivity index is 1.24. The predicted octanol–water partition coefficient (Wildman–Crippen LogP) is 6.15. The largest absolute Gasteiger partial charge is 0.573 e. The zero-order chi connectivity index (χ0) is 22.1. The van der Waals surface area contributed by atoms with Crippen LogP contribution in [0.4, 0.5) is 22.0 Å². The van der Waals surface area contributed by atoms with E-state index in [1.807, 2.05) is 0 Å². The first kappa shape index (κ1) is 22.6. The van der Waals surface area contributed by atoms with Crippen LogP contribution < -0.4 is 9.47 Å². The molecule has 0 unspecified atom stereocenters. The maximum atomic E-state index is 14.6. The highest BCUT2D eigenvalue weighted by atomic mass is 19.4. The van der Waals surface area contributed by atoms with Crippen LogP contribution in [0, 0.1) is 23.7 Å². The zero-order valence-electron chi connectivity index (χ0n) is 17.1. The quantitative estimate of drug-likeness (QED) is 0.487. The van der Waals surface area contributed by atoms with Gasteiger partial charge in [-0.2, -0.15) is 8.78 Å². The molecule has 0 aromatic heterocycles. The number of hydrogen-bond donors (Lipinski definition) is 0. The summed E-state index contributed by atoms with van der Waals surface area (Å²) >= 11 is 0. The molecule has 0 amide bonds. The molecule has 31 heavy (non-hydrogen) atoms. The Bertz CT molecular complexity index is 704. The lowest BCUT2D eigenvalue weighted by Crippen LogP contribution is -2.44. The molecular weight excluding hydrogens is 423 g/mol. The Labute approximate surface area is 178 Å². The third kappa shape index (κ3) is 5.80. The van der Waals surface area contributed by atoms with Crippen molar-refractivity contribution in [1.82, 2.24) is 0 Å². The van der Waals surface area contributed by atoms with Crippen molar-refractivity contribution in [3.63, 3.8) is 0 Å². The molecule has 0 atom stereocenters. The van der Waals surface area contributed by atoms with E-state index in [1.165, 1.54) is 19.3 Å². The SMILES string of the molecule is FC(F)(F)Oc1ccc(OC(F)(F)C2CCC(C3OCC(C4CCC4)CO3)CC2)cc1. The summed E-state index contributed by atoms with van der Waals surface area (Å²) in [4.78, 5) is 0. The number of rotatable bonds is 6. The molecule has 9 heteroatoms. The molecule has 4 nitrogen and oxygen atoms in total. The summed E-state index contributed by atoms with van der Waals surface area (Å²) in [6.45, 7) is 1.37. The molecule has 1 saturated heterocycles. The first-order valence-electron chi connectivity index (χ1n) is 10.9. The highest BCUT2D eigenvalue weighted by Gasteiger charge is 2.46. The van der Waals surface area contributed by atoms with Gasteiger partial charge in [0, 0.05) is 11.8 Å². The van der Waals surface area contributed by atoms with Gasteiger partial charge >= 0.3 is 12.5 Å². The molecule has 0 spiro atoms. The van der Waals surface area contributed by atoms with E-state index >= 15 is 0 Å². The van der Waals surface area contributed by atoms with Gasteiger partial charge in [-0.05, 0) is 55.9 Å². The Hall–Kier alpha value is -1.61. The smallest absolute Gasteiger partial charge is 0.432 e. The highest BCUT2D eigenvalue weighted by molar-refractivity contribution is 5.31. The van der Waals surface area contributed by atoms with Gasteiger partial charge in [-0.1, -0.05) is 19.3 Å². The van der Waals surface area contributed by atoms with Crippen LogP contribution in [0.25, 0.3) is 0 Å². The van der Waals surface area contributed by atoms with E-state index in [1.54, 1.807) is 0 Å². The summed E-state index contributed by atoms with van der Waals surface area (Å²) in [5.41, 5.74) is 0. The van der Waals surface area contributed by atoms with Crippen molar-refractivity contribution in [2.24, 2.45) is 23.7 Å². The molecule has 174 valence electrons. The molecule has 0 radical (unpaired) electrons. The lowest BCUT2D eigenvalue weighted by molar-refractivity contribution is -0.274. The molecule has 4 rings (SSSR count). The number of benzene rings is 1. The minimum atomic E-state index is -4.84. The minimum absolute atomic E-state index is 0.0909. The first-order chi connectivity index (χ1) is 14.7. The van der Waals surface area contributed by atoms with E-state index < -0.39 is 24.1 Å². The fourth-order valence-corrected chi connectivity index (χ4v) is 4.67. The van der Waals surface area contributed by atoms with E-state index in [0.717, 1.165) is 24.3 Å². The topological polar surface area (TPSA) is 36.9 Å². The van der Waals surface area contributed by atoms with Crippen molar-refractivity contribution >= 4 is 0 Å². The Kier molecular flexibility index (Phi) is 6.62. The van der Waals surface area contributed by atoms with Crippen molar-refractivity contribution in [1.29, 1.82) is 0 Å². The van der Waals surface area contributed by atoms with E-state index in [0.29, 0.717) is 37.9 Å². The standard InChI is InChI=1S/C22H27F5O4/c23-21(24,30-18-8-10-19(11-9-18)31-22(25,26)27)17-6-4-15(5-7-17)20-28-12-16(13-29-20)14-2-1-3-14/h8-11,14-17,20H,1-7,12-13H2. The summed E-state index contributed by atoms with van der Waals surface area (Å²) in [6, 6.07) is 3.99. The van der Waals surface area contributed by atoms with Crippen LogP contribution in [0.2, 0.25) is 0 Å². The Morgan fingerprint density at radius 2 is 1.23 bits per heavy atom. The van der Waals surface area contributed by atoms with Gasteiger partial charge in [-0.25, -0.2) is 0 Å². The van der Waals surface area contributed by atoms with E-state index in [9.17, 15) is 22.0 Å². The summed E-state index contributed by atoms with van der Waals surface area (Å²) in [7, 11) is 0. The highest BCUT2D eigenvalue weighted by Crippen LogP contribution is 2.43. The zero-order valence-corrected chi connectivity index (χ0v) is 17.1. The third-order valence-corrected chi connectivity index (χ3v) is 6.71. The third-order valence-electron chi connectivity index (χ3n) is 6.71. The van der Waals surface area contributed by atoms with Crippen LogP contribution in [-0.2, 0) is 9.47 Å². The van der Waals surface area contributed by atoms with Crippen LogP contribution in [0.15, 0.2) is 24.3 Å². The van der Waals surface area contributed by atoms with Crippen molar-refractivity contribution in [2.45, 2.75) is 63.7 Å². The van der Waals surface area contributed by atoms with Crippen LogP contribution in [0.5, 0.6) is 11.5 Å². The minimum Gasteiger partial charge on any atom is -0.432 e. The van der Waals surface area contributed by atoms with Gasteiger partial charge in [-0.3, -0.25) is 0 Å². The molecule has 2 saturated carbocycles. The monoisotopic (exact) mass is 450 g/mol. The molecule has 3 aliphatic rings. The van der Waals surface area contributed by atoms with Gasteiger partial charge in [-0.15, -0.1) is 13.2 Å². The molecule has 0 bridgehead atoms. The molecule has 1 heterocycles. The first-order valence-corrected chi connectivity index (χ1v) is 10.9. The summed E-state index contributed by atoms with van der Waals surface area (Å²) in [5.74, 6) is -0.429. The number of alkyl halides is 5. The van der Waals surface area contributed by atoms with Crippen molar-refractivity contribution in [3.05, 3.63) is 24.3 Å². The maximum absolute atomic E-state index is 14.6. The predicted molar refractivity (Wildman–Crippen MR) is 101 cm³/mol. The van der Waals surface area contributed by atoms with Crippen molar-refractivity contribution < 1.29 is 40.9 Å². The van der Waals surface area contributed by atoms with Gasteiger partial charge in [0.05, 0.1) is 19.1 Å². The fourth-order valence-electron chi connectivity index (χ4n) is 4.67. The van der Waals surface area contributed by atoms with Gasteiger partial charge < -0.3 is 18.9 Å². The fraction of sp³-hybridized carbons (Fsp3) is 0.727. The normalized spacial score (nSPS) is 30.5. The van der Waals surface area contributed by atoms with Gasteiger partial charge in [0.15, 0.2) is 6.29 Å². The molecule has 1 aromatic carbocycles. The van der Waals surface area contributed by atoms with Crippen LogP contribution in [-0.4, -0.2) is 32.0 Å². The van der Waals surface area contributed by atoms with E-state index in [2.05, 4.69) is 4.74 Å². The molecule has 1 aliphatic heterocycles. The lowest BCUT2D eigenvalue weighted by atomic mass is 9.76. The molecular formula is C22H27F5O4. The average molecular weight is 450 g/mol. The number of halogens is 5. The molecule has 0 N–H and O–H groups in total. The van der Waals surface area contributed by atoms with Gasteiger partial charge in [0.25, 0.3) is 0 Å². The second kappa shape index (κ2) is 9.10. The van der Waals surface area contributed by atoms with Crippen molar-refractivity contribution in [2.75, 3.05) is 13.2 Å². The Morgan fingerprint density at radius 3 is 1.71 bits per heavy atom. The summed E-state index contributed by atoms with van der Waals surface area (Å²) < 4.78 is 86.3. The van der Waals surface area contributed by atoms with E-state index in [-0.39, 0.29) is 30.8 Å².